The third kappa shape index (κ3) is 5.88. The van der Waals surface area contributed by atoms with E-state index in [-0.39, 0.29) is 0 Å². The summed E-state index contributed by atoms with van der Waals surface area (Å²) < 4.78 is 0. The van der Waals surface area contributed by atoms with Crippen LogP contribution in [0.4, 0.5) is 34.1 Å². The van der Waals surface area contributed by atoms with Gasteiger partial charge in [-0.15, -0.1) is 0 Å². The molecule has 0 aliphatic heterocycles. The van der Waals surface area contributed by atoms with Crippen molar-refractivity contribution in [3.05, 3.63) is 336 Å². The first-order chi connectivity index (χ1) is 36.7. The van der Waals surface area contributed by atoms with Gasteiger partial charge in [0.1, 0.15) is 0 Å². The van der Waals surface area contributed by atoms with E-state index in [1.807, 2.05) is 0 Å². The van der Waals surface area contributed by atoms with Gasteiger partial charge < -0.3 is 9.80 Å². The second-order valence-corrected chi connectivity index (χ2v) is 19.9. The molecule has 1 unspecified atom stereocenters. The van der Waals surface area contributed by atoms with Crippen molar-refractivity contribution in [2.45, 2.75) is 10.8 Å². The highest BCUT2D eigenvalue weighted by Gasteiger charge is 2.54. The first-order valence-electron chi connectivity index (χ1n) is 25.8. The van der Waals surface area contributed by atoms with Crippen molar-refractivity contribution < 1.29 is 0 Å². The van der Waals surface area contributed by atoms with E-state index in [0.717, 1.165) is 34.1 Å². The maximum absolute atomic E-state index is 2.58. The van der Waals surface area contributed by atoms with Crippen molar-refractivity contribution in [1.29, 1.82) is 0 Å². The average Bonchev–Trinajstić information content (AvgIpc) is 4.07. The normalized spacial score (nSPS) is 14.9. The number of hydrogen-bond donors (Lipinski definition) is 0. The Morgan fingerprint density at radius 1 is 0.243 bits per heavy atom. The van der Waals surface area contributed by atoms with E-state index in [1.165, 1.54) is 88.7 Å². The Hall–Kier alpha value is -9.50. The van der Waals surface area contributed by atoms with E-state index in [0.29, 0.717) is 0 Å². The van der Waals surface area contributed by atoms with Gasteiger partial charge >= 0.3 is 0 Å². The van der Waals surface area contributed by atoms with Gasteiger partial charge in [-0.3, -0.25) is 0 Å². The molecular weight excluding hydrogens is 893 g/mol. The number of nitrogens with zero attached hydrogens (tertiary/aromatic N) is 2. The van der Waals surface area contributed by atoms with Crippen LogP contribution in [0.3, 0.4) is 0 Å². The van der Waals surface area contributed by atoms with Gasteiger partial charge in [0.25, 0.3) is 0 Å². The summed E-state index contributed by atoms with van der Waals surface area (Å²) in [5.41, 5.74) is 23.2. The molecule has 0 bridgehead atoms. The van der Waals surface area contributed by atoms with Crippen molar-refractivity contribution in [2.75, 3.05) is 9.80 Å². The Labute approximate surface area is 432 Å². The van der Waals surface area contributed by atoms with Crippen LogP contribution in [0.1, 0.15) is 44.5 Å². The molecule has 74 heavy (non-hydrogen) atoms. The van der Waals surface area contributed by atoms with E-state index in [4.69, 9.17) is 0 Å². The van der Waals surface area contributed by atoms with Gasteiger partial charge in [0.05, 0.1) is 16.5 Å². The van der Waals surface area contributed by atoms with E-state index in [9.17, 15) is 0 Å². The fourth-order valence-corrected chi connectivity index (χ4v) is 13.5. The molecule has 12 aromatic carbocycles. The number of hydrogen-bond acceptors (Lipinski definition) is 2. The molecule has 3 aliphatic carbocycles. The predicted octanol–water partition coefficient (Wildman–Crippen LogP) is 18.5. The third-order valence-electron chi connectivity index (χ3n) is 16.3. The molecule has 0 saturated carbocycles. The Kier molecular flexibility index (Phi) is 9.43. The Bertz CT molecular complexity index is 4050. The van der Waals surface area contributed by atoms with Crippen LogP contribution in [0.25, 0.3) is 44.2 Å². The lowest BCUT2D eigenvalue weighted by molar-refractivity contribution is 0.768. The summed E-state index contributed by atoms with van der Waals surface area (Å²) in [7, 11) is 0. The second-order valence-electron chi connectivity index (χ2n) is 19.9. The molecule has 1 atom stereocenters. The summed E-state index contributed by atoms with van der Waals surface area (Å²) in [5, 5.41) is 2.45. The molecule has 0 fully saturated rings. The van der Waals surface area contributed by atoms with Crippen molar-refractivity contribution in [3.63, 3.8) is 0 Å². The molecule has 346 valence electrons. The Balaban J connectivity index is 1.06. The molecular formula is C72H48N2. The molecule has 0 amide bonds. The van der Waals surface area contributed by atoms with Crippen molar-refractivity contribution in [1.82, 2.24) is 0 Å². The largest absolute Gasteiger partial charge is 0.310 e. The SMILES string of the molecule is c1ccc(N(c2ccccc2)c2ccc3c(c2)C2(c4ccccc4-3)c3ccccc3-c3c2c(N(c2ccccc2)c2ccc4c(c2)C(c2ccccc2)(c2ccccc2)c2ccccc2-4)cc2ccccc32)cc1. The average molecular weight is 941 g/mol. The zero-order chi connectivity index (χ0) is 48.8. The van der Waals surface area contributed by atoms with Crippen LogP contribution in [0, 0.1) is 0 Å². The molecule has 0 saturated heterocycles. The summed E-state index contributed by atoms with van der Waals surface area (Å²) in [4.78, 5) is 4.98. The minimum Gasteiger partial charge on any atom is -0.310 e. The van der Waals surface area contributed by atoms with Crippen LogP contribution < -0.4 is 9.80 Å². The minimum atomic E-state index is -0.704. The van der Waals surface area contributed by atoms with E-state index in [1.54, 1.807) is 0 Å². The van der Waals surface area contributed by atoms with Crippen LogP contribution >= 0.6 is 0 Å². The fourth-order valence-electron chi connectivity index (χ4n) is 13.5. The van der Waals surface area contributed by atoms with Gasteiger partial charge in [-0.05, 0) is 150 Å². The topological polar surface area (TPSA) is 6.48 Å². The highest BCUT2D eigenvalue weighted by atomic mass is 15.2. The first kappa shape index (κ1) is 42.2. The number of para-hydroxylation sites is 3. The van der Waals surface area contributed by atoms with Gasteiger partial charge in [0.2, 0.25) is 0 Å². The monoisotopic (exact) mass is 940 g/mol. The van der Waals surface area contributed by atoms with Crippen LogP contribution in [-0.2, 0) is 10.8 Å². The highest BCUT2D eigenvalue weighted by Crippen LogP contribution is 2.67. The summed E-state index contributed by atoms with van der Waals surface area (Å²) >= 11 is 0. The molecule has 2 heteroatoms. The lowest BCUT2D eigenvalue weighted by Gasteiger charge is -2.37. The van der Waals surface area contributed by atoms with Gasteiger partial charge in [0.15, 0.2) is 0 Å². The van der Waals surface area contributed by atoms with E-state index < -0.39 is 10.8 Å². The number of benzene rings is 12. The van der Waals surface area contributed by atoms with Crippen LogP contribution in [0.5, 0.6) is 0 Å². The third-order valence-corrected chi connectivity index (χ3v) is 16.3. The molecule has 3 aliphatic rings. The van der Waals surface area contributed by atoms with Gasteiger partial charge in [-0.2, -0.15) is 0 Å². The van der Waals surface area contributed by atoms with Gasteiger partial charge in [0, 0.05) is 34.0 Å². The molecule has 2 nitrogen and oxygen atoms in total. The number of rotatable bonds is 8. The van der Waals surface area contributed by atoms with Crippen molar-refractivity contribution >= 4 is 44.9 Å². The van der Waals surface area contributed by atoms with Crippen molar-refractivity contribution in [3.8, 4) is 33.4 Å². The van der Waals surface area contributed by atoms with Gasteiger partial charge in [-0.25, -0.2) is 0 Å². The zero-order valence-corrected chi connectivity index (χ0v) is 40.6. The van der Waals surface area contributed by atoms with Crippen LogP contribution in [0.15, 0.2) is 291 Å². The quantitative estimate of drug-likeness (QED) is 0.150. The number of fused-ring (bicyclic) bond motifs is 15. The standard InChI is InChI=1S/C72H48N2/c1-6-25-50(26-7-1)71(51-27-8-2-9-28-51)63-39-21-18-36-58(63)60-45-43-56(48-66(60)71)74(54-33-14-5-15-34-54)68-46-49-24-16-17-35-57(49)69-62-38-20-23-41-65(62)72(70(68)69)64-40-22-19-37-59(64)61-44-42-55(47-67(61)72)73(52-29-10-3-11-30-52)53-31-12-4-13-32-53/h1-48H. The lowest BCUT2D eigenvalue weighted by atomic mass is 9.67. The smallest absolute Gasteiger partial charge is 0.0747 e. The maximum Gasteiger partial charge on any atom is 0.0747 e. The molecule has 0 N–H and O–H groups in total. The number of anilines is 6. The molecule has 0 radical (unpaired) electrons. The first-order valence-corrected chi connectivity index (χ1v) is 25.8. The predicted molar refractivity (Wildman–Crippen MR) is 307 cm³/mol. The summed E-state index contributed by atoms with van der Waals surface area (Å²) in [6.07, 6.45) is 0. The van der Waals surface area contributed by atoms with Crippen LogP contribution in [0.2, 0.25) is 0 Å². The van der Waals surface area contributed by atoms with E-state index in [2.05, 4.69) is 301 Å². The van der Waals surface area contributed by atoms with E-state index >= 15 is 0 Å². The summed E-state index contributed by atoms with van der Waals surface area (Å²) in [5.74, 6) is 0. The maximum atomic E-state index is 2.58. The molecule has 0 aromatic heterocycles. The molecule has 1 spiro atoms. The van der Waals surface area contributed by atoms with Crippen molar-refractivity contribution in [2.24, 2.45) is 0 Å². The molecule has 0 heterocycles. The van der Waals surface area contributed by atoms with Crippen LogP contribution in [-0.4, -0.2) is 0 Å². The second kappa shape index (κ2) is 16.5. The summed E-state index contributed by atoms with van der Waals surface area (Å²) in [6, 6.07) is 109. The van der Waals surface area contributed by atoms with Gasteiger partial charge in [-0.1, -0.05) is 224 Å². The Morgan fingerprint density at radius 3 is 1.16 bits per heavy atom. The lowest BCUT2D eigenvalue weighted by Crippen LogP contribution is -2.29. The zero-order valence-electron chi connectivity index (χ0n) is 40.6. The summed E-state index contributed by atoms with van der Waals surface area (Å²) in [6.45, 7) is 0. The molecule has 12 aromatic rings. The fraction of sp³-hybridized carbons (Fsp3) is 0.0278. The molecule has 15 rings (SSSR count). The highest BCUT2D eigenvalue weighted by molar-refractivity contribution is 6.11. The Morgan fingerprint density at radius 2 is 0.622 bits per heavy atom. The minimum absolute atomic E-state index is 0.571.